The molecular weight excluding hydrogens is 535 g/mol. The second-order valence-corrected chi connectivity index (χ2v) is 8.27. The average molecular weight is 570 g/mol. The Labute approximate surface area is 212 Å². The maximum absolute atomic E-state index is 5.95. The second kappa shape index (κ2) is 11.9. The predicted molar refractivity (Wildman–Crippen MR) is 138 cm³/mol. The number of methoxy groups -OCH3 is 1. The Bertz CT molecular complexity index is 964. The summed E-state index contributed by atoms with van der Waals surface area (Å²) in [7, 11) is 1.66. The van der Waals surface area contributed by atoms with Crippen LogP contribution in [0.15, 0.2) is 17.1 Å². The highest BCUT2D eigenvalue weighted by molar-refractivity contribution is 14.0. The van der Waals surface area contributed by atoms with Crippen LogP contribution in [0.2, 0.25) is 0 Å². The highest BCUT2D eigenvalue weighted by atomic mass is 127. The van der Waals surface area contributed by atoms with Crippen LogP contribution in [0.5, 0.6) is 11.5 Å². The van der Waals surface area contributed by atoms with Gasteiger partial charge in [-0.15, -0.1) is 24.0 Å². The molecule has 2 aliphatic rings. The lowest BCUT2D eigenvalue weighted by atomic mass is 10.1. The van der Waals surface area contributed by atoms with Crippen molar-refractivity contribution in [2.75, 3.05) is 20.3 Å². The van der Waals surface area contributed by atoms with E-state index in [0.29, 0.717) is 19.8 Å². The van der Waals surface area contributed by atoms with Crippen LogP contribution in [-0.2, 0) is 37.3 Å². The van der Waals surface area contributed by atoms with Gasteiger partial charge in [-0.25, -0.2) is 14.7 Å². The molecular formula is C23H35IN6O3. The number of nitrogens with zero attached hydrogens (tertiary/aromatic N) is 4. The van der Waals surface area contributed by atoms with Crippen LogP contribution in [0, 0.1) is 0 Å². The molecule has 2 N–H and O–H groups in total. The number of benzene rings is 1. The average Bonchev–Trinajstić information content (AvgIpc) is 3.33. The first-order valence-electron chi connectivity index (χ1n) is 11.5. The molecule has 0 aliphatic carbocycles. The van der Waals surface area contributed by atoms with Gasteiger partial charge >= 0.3 is 0 Å². The molecule has 1 aromatic heterocycles. The normalized spacial score (nSPS) is 19.2. The zero-order chi connectivity index (χ0) is 22.5. The molecule has 2 aliphatic heterocycles. The minimum absolute atomic E-state index is 0. The maximum Gasteiger partial charge on any atom is 0.191 e. The van der Waals surface area contributed by atoms with Gasteiger partial charge in [-0.2, -0.15) is 5.10 Å². The number of rotatable bonds is 8. The van der Waals surface area contributed by atoms with Crippen LogP contribution in [0.1, 0.15) is 50.0 Å². The summed E-state index contributed by atoms with van der Waals surface area (Å²) in [6, 6.07) is 4.42. The molecule has 0 saturated heterocycles. The fourth-order valence-electron chi connectivity index (χ4n) is 4.24. The van der Waals surface area contributed by atoms with E-state index in [0.717, 1.165) is 67.0 Å². The van der Waals surface area contributed by atoms with Crippen molar-refractivity contribution in [1.82, 2.24) is 25.4 Å². The fraction of sp³-hybridized carbons (Fsp3) is 0.609. The van der Waals surface area contributed by atoms with Gasteiger partial charge in [-0.05, 0) is 39.3 Å². The molecule has 3 heterocycles. The molecule has 0 amide bonds. The van der Waals surface area contributed by atoms with Crippen molar-refractivity contribution >= 4 is 29.9 Å². The molecule has 0 spiro atoms. The summed E-state index contributed by atoms with van der Waals surface area (Å²) in [6.07, 6.45) is 2.98. The third-order valence-electron chi connectivity index (χ3n) is 5.65. The number of hydrogen-bond donors (Lipinski definition) is 2. The summed E-state index contributed by atoms with van der Waals surface area (Å²) >= 11 is 0. The van der Waals surface area contributed by atoms with E-state index in [2.05, 4.69) is 46.7 Å². The van der Waals surface area contributed by atoms with Gasteiger partial charge in [0.05, 0.1) is 19.7 Å². The van der Waals surface area contributed by atoms with Gasteiger partial charge in [0.25, 0.3) is 0 Å². The molecule has 182 valence electrons. The number of nitrogens with one attached hydrogen (secondary N) is 2. The molecule has 0 bridgehead atoms. The van der Waals surface area contributed by atoms with Gasteiger partial charge in [0.2, 0.25) is 0 Å². The van der Waals surface area contributed by atoms with E-state index in [1.54, 1.807) is 7.11 Å². The zero-order valence-electron chi connectivity index (χ0n) is 19.9. The lowest BCUT2D eigenvalue weighted by Crippen LogP contribution is -2.47. The Hall–Kier alpha value is -2.08. The minimum Gasteiger partial charge on any atom is -0.494 e. The molecule has 0 saturated carbocycles. The fourth-order valence-corrected chi connectivity index (χ4v) is 4.24. The van der Waals surface area contributed by atoms with E-state index in [-0.39, 0.29) is 36.1 Å². The molecule has 9 nitrogen and oxygen atoms in total. The Morgan fingerprint density at radius 3 is 2.94 bits per heavy atom. The smallest absolute Gasteiger partial charge is 0.191 e. The largest absolute Gasteiger partial charge is 0.494 e. The van der Waals surface area contributed by atoms with E-state index >= 15 is 0 Å². The highest BCUT2D eigenvalue weighted by Crippen LogP contribution is 2.35. The quantitative estimate of drug-likeness (QED) is 0.287. The third-order valence-corrected chi connectivity index (χ3v) is 5.65. The van der Waals surface area contributed by atoms with E-state index in [1.165, 1.54) is 5.56 Å². The van der Waals surface area contributed by atoms with Gasteiger partial charge in [-0.1, -0.05) is 0 Å². The van der Waals surface area contributed by atoms with Crippen LogP contribution >= 0.6 is 24.0 Å². The number of guanidine groups is 1. The number of ether oxygens (including phenoxy) is 3. The summed E-state index contributed by atoms with van der Waals surface area (Å²) in [4.78, 5) is 9.40. The molecule has 2 aromatic rings. The maximum atomic E-state index is 5.95. The number of hydrogen-bond acceptors (Lipinski definition) is 6. The van der Waals surface area contributed by atoms with E-state index in [4.69, 9.17) is 19.2 Å². The minimum atomic E-state index is 0. The summed E-state index contributed by atoms with van der Waals surface area (Å²) in [5.74, 6) is 4.38. The number of aromatic nitrogens is 3. The number of fused-ring (bicyclic) bond motifs is 2. The van der Waals surface area contributed by atoms with Gasteiger partial charge in [0.1, 0.15) is 30.0 Å². The number of aliphatic imine (C=N–C) groups is 1. The summed E-state index contributed by atoms with van der Waals surface area (Å²) in [5, 5.41) is 11.5. The standard InChI is InChI=1S/C23H34N6O3.HI/c1-5-24-23(26-18-7-8-22-27-21(14-30-4)28-29(22)13-18)25-12-17-11-20-16(9-15(3)32-20)10-19(17)31-6-2;/h10-11,15,18H,5-9,12-14H2,1-4H3,(H2,24,25,26);1H. The predicted octanol–water partition coefficient (Wildman–Crippen LogP) is 2.83. The first-order chi connectivity index (χ1) is 15.6. The first-order valence-corrected chi connectivity index (χ1v) is 11.5. The van der Waals surface area contributed by atoms with Gasteiger partial charge in [-0.3, -0.25) is 0 Å². The molecule has 2 atom stereocenters. The SMILES string of the molecule is CCNC(=NCc1cc2c(cc1OCC)CC(C)O2)NC1CCc2nc(COC)nn2C1.I. The summed E-state index contributed by atoms with van der Waals surface area (Å²) in [5.41, 5.74) is 2.24. The molecule has 0 fully saturated rings. The highest BCUT2D eigenvalue weighted by Gasteiger charge is 2.24. The van der Waals surface area contributed by atoms with Crippen LogP contribution in [0.25, 0.3) is 0 Å². The Kier molecular flexibility index (Phi) is 9.19. The molecule has 33 heavy (non-hydrogen) atoms. The van der Waals surface area contributed by atoms with Crippen LogP contribution < -0.4 is 20.1 Å². The van der Waals surface area contributed by atoms with Gasteiger partial charge in [0.15, 0.2) is 11.8 Å². The van der Waals surface area contributed by atoms with Crippen molar-refractivity contribution in [3.05, 3.63) is 34.9 Å². The lowest BCUT2D eigenvalue weighted by Gasteiger charge is -2.25. The Morgan fingerprint density at radius 2 is 2.18 bits per heavy atom. The van der Waals surface area contributed by atoms with Crippen molar-refractivity contribution in [1.29, 1.82) is 0 Å². The van der Waals surface area contributed by atoms with Crippen LogP contribution in [0.3, 0.4) is 0 Å². The molecule has 0 radical (unpaired) electrons. The van der Waals surface area contributed by atoms with Gasteiger partial charge in [0, 0.05) is 43.7 Å². The van der Waals surface area contributed by atoms with E-state index < -0.39 is 0 Å². The third kappa shape index (κ3) is 6.28. The van der Waals surface area contributed by atoms with Gasteiger partial charge < -0.3 is 24.8 Å². The summed E-state index contributed by atoms with van der Waals surface area (Å²) < 4.78 is 19.0. The van der Waals surface area contributed by atoms with Crippen molar-refractivity contribution in [3.63, 3.8) is 0 Å². The summed E-state index contributed by atoms with van der Waals surface area (Å²) in [6.45, 7) is 9.28. The molecule has 4 rings (SSSR count). The Morgan fingerprint density at radius 1 is 1.33 bits per heavy atom. The molecule has 2 unspecified atom stereocenters. The molecule has 1 aromatic carbocycles. The molecule has 10 heteroatoms. The van der Waals surface area contributed by atoms with Crippen LogP contribution in [0.4, 0.5) is 0 Å². The zero-order valence-corrected chi connectivity index (χ0v) is 22.2. The van der Waals surface area contributed by atoms with E-state index in [9.17, 15) is 0 Å². The topological polar surface area (TPSA) is 94.8 Å². The number of halogens is 1. The van der Waals surface area contributed by atoms with Crippen LogP contribution in [-0.4, -0.2) is 53.1 Å². The van der Waals surface area contributed by atoms with Crippen molar-refractivity contribution in [2.24, 2.45) is 4.99 Å². The first kappa shape index (κ1) is 25.5. The van der Waals surface area contributed by atoms with Crippen molar-refractivity contribution < 1.29 is 14.2 Å². The Balaban J connectivity index is 0.00000306. The second-order valence-electron chi connectivity index (χ2n) is 8.27. The lowest BCUT2D eigenvalue weighted by molar-refractivity contribution is 0.177. The van der Waals surface area contributed by atoms with E-state index in [1.807, 2.05) is 11.6 Å². The van der Waals surface area contributed by atoms with Crippen molar-refractivity contribution in [3.8, 4) is 11.5 Å². The number of aryl methyl sites for hydroxylation is 1. The monoisotopic (exact) mass is 570 g/mol. The van der Waals surface area contributed by atoms with Crippen molar-refractivity contribution in [2.45, 2.75) is 71.9 Å².